The highest BCUT2D eigenvalue weighted by atomic mass is 79.9. The molecule has 1 aliphatic rings. The van der Waals surface area contributed by atoms with E-state index in [0.717, 1.165) is 0 Å². The van der Waals surface area contributed by atoms with Crippen LogP contribution < -0.4 is 24.4 Å². The number of furan rings is 1. The van der Waals surface area contributed by atoms with E-state index in [0.29, 0.717) is 42.5 Å². The molecule has 0 aliphatic carbocycles. The van der Waals surface area contributed by atoms with Gasteiger partial charge in [0.05, 0.1) is 36.6 Å². The monoisotopic (exact) mass is 532 g/mol. The summed E-state index contributed by atoms with van der Waals surface area (Å²) in [6.45, 7) is 3.66. The normalized spacial score (nSPS) is 15.8. The Morgan fingerprint density at radius 2 is 2.06 bits per heavy atom. The van der Waals surface area contributed by atoms with Gasteiger partial charge in [0.25, 0.3) is 5.56 Å². The third kappa shape index (κ3) is 4.28. The molecule has 172 valence electrons. The standard InChI is InChI=1S/C23H21BrN2O6S/c1-5-31-22(28)19-12(2)25-23-26(20(19)15-8-6-13(29-3)10-16(15)30-4)21(27)17(33-23)11-14-7-9-18(24)32-14/h6-11,20H,5H2,1-4H3/b17-11+/t20-/m0/s1. The lowest BCUT2D eigenvalue weighted by Crippen LogP contribution is -2.40. The van der Waals surface area contributed by atoms with Crippen molar-refractivity contribution in [3.8, 4) is 11.5 Å². The van der Waals surface area contributed by atoms with Crippen LogP contribution in [0.1, 0.15) is 31.2 Å². The van der Waals surface area contributed by atoms with E-state index in [4.69, 9.17) is 18.6 Å². The van der Waals surface area contributed by atoms with Crippen molar-refractivity contribution in [1.29, 1.82) is 0 Å². The molecular formula is C23H21BrN2O6S. The highest BCUT2D eigenvalue weighted by molar-refractivity contribution is 9.10. The number of ether oxygens (including phenoxy) is 3. The maximum Gasteiger partial charge on any atom is 0.338 e. The number of aromatic nitrogens is 1. The molecule has 0 fully saturated rings. The molecule has 4 rings (SSSR count). The molecule has 0 bridgehead atoms. The molecule has 0 spiro atoms. The van der Waals surface area contributed by atoms with Gasteiger partial charge in [0, 0.05) is 17.7 Å². The molecule has 2 aromatic heterocycles. The van der Waals surface area contributed by atoms with E-state index in [2.05, 4.69) is 20.9 Å². The van der Waals surface area contributed by atoms with Crippen molar-refractivity contribution in [3.05, 3.63) is 77.3 Å². The number of hydrogen-bond donors (Lipinski definition) is 0. The van der Waals surface area contributed by atoms with E-state index in [9.17, 15) is 9.59 Å². The van der Waals surface area contributed by atoms with Gasteiger partial charge in [-0.05, 0) is 54.0 Å². The summed E-state index contributed by atoms with van der Waals surface area (Å²) < 4.78 is 24.2. The number of nitrogens with zero attached hydrogens (tertiary/aromatic N) is 2. The molecule has 1 aliphatic heterocycles. The van der Waals surface area contributed by atoms with Gasteiger partial charge in [-0.15, -0.1) is 0 Å². The lowest BCUT2D eigenvalue weighted by Gasteiger charge is -2.26. The minimum absolute atomic E-state index is 0.194. The lowest BCUT2D eigenvalue weighted by molar-refractivity contribution is -0.139. The molecule has 8 nitrogen and oxygen atoms in total. The van der Waals surface area contributed by atoms with Crippen LogP contribution in [0.15, 0.2) is 60.5 Å². The van der Waals surface area contributed by atoms with Crippen molar-refractivity contribution in [2.24, 2.45) is 4.99 Å². The maximum absolute atomic E-state index is 13.6. The number of benzene rings is 1. The van der Waals surface area contributed by atoms with Gasteiger partial charge in [-0.25, -0.2) is 9.79 Å². The van der Waals surface area contributed by atoms with E-state index in [1.165, 1.54) is 23.0 Å². The first kappa shape index (κ1) is 23.1. The van der Waals surface area contributed by atoms with Crippen molar-refractivity contribution in [2.45, 2.75) is 19.9 Å². The summed E-state index contributed by atoms with van der Waals surface area (Å²) in [7, 11) is 3.08. The summed E-state index contributed by atoms with van der Waals surface area (Å²) in [5.41, 5.74) is 1.07. The molecule has 0 radical (unpaired) electrons. The Labute approximate surface area is 201 Å². The summed E-state index contributed by atoms with van der Waals surface area (Å²) in [5.74, 6) is 1.04. The lowest BCUT2D eigenvalue weighted by atomic mass is 9.95. The van der Waals surface area contributed by atoms with Gasteiger partial charge in [0.15, 0.2) is 9.47 Å². The highest BCUT2D eigenvalue weighted by Crippen LogP contribution is 2.37. The van der Waals surface area contributed by atoms with Crippen LogP contribution in [0.4, 0.5) is 0 Å². The van der Waals surface area contributed by atoms with Gasteiger partial charge in [-0.2, -0.15) is 0 Å². The molecule has 0 saturated carbocycles. The van der Waals surface area contributed by atoms with Gasteiger partial charge >= 0.3 is 5.97 Å². The van der Waals surface area contributed by atoms with E-state index in [1.54, 1.807) is 57.4 Å². The van der Waals surface area contributed by atoms with E-state index < -0.39 is 12.0 Å². The van der Waals surface area contributed by atoms with Crippen LogP contribution in [0.25, 0.3) is 6.08 Å². The Balaban J connectivity index is 2.00. The van der Waals surface area contributed by atoms with Crippen LogP contribution in [0.5, 0.6) is 11.5 Å². The largest absolute Gasteiger partial charge is 0.497 e. The number of esters is 1. The number of methoxy groups -OCH3 is 2. The van der Waals surface area contributed by atoms with Gasteiger partial charge < -0.3 is 18.6 Å². The summed E-state index contributed by atoms with van der Waals surface area (Å²) in [6.07, 6.45) is 1.65. The number of allylic oxidation sites excluding steroid dienone is 1. The van der Waals surface area contributed by atoms with Crippen molar-refractivity contribution < 1.29 is 23.4 Å². The van der Waals surface area contributed by atoms with Gasteiger partial charge in [0.2, 0.25) is 0 Å². The van der Waals surface area contributed by atoms with Crippen LogP contribution in [-0.2, 0) is 9.53 Å². The molecule has 1 aromatic carbocycles. The third-order valence-electron chi connectivity index (χ3n) is 5.12. The molecule has 0 amide bonds. The molecule has 1 atom stereocenters. The highest BCUT2D eigenvalue weighted by Gasteiger charge is 2.35. The molecule has 3 aromatic rings. The Bertz CT molecular complexity index is 1430. The van der Waals surface area contributed by atoms with Crippen LogP contribution in [0.2, 0.25) is 0 Å². The molecule has 0 unspecified atom stereocenters. The van der Waals surface area contributed by atoms with Gasteiger partial charge in [0.1, 0.15) is 23.3 Å². The summed E-state index contributed by atoms with van der Waals surface area (Å²) in [5, 5.41) is 0. The molecular weight excluding hydrogens is 512 g/mol. The fourth-order valence-corrected chi connectivity index (χ4v) is 5.01. The molecule has 3 heterocycles. The molecule has 33 heavy (non-hydrogen) atoms. The first-order valence-corrected chi connectivity index (χ1v) is 11.7. The van der Waals surface area contributed by atoms with E-state index in [1.807, 2.05) is 0 Å². The van der Waals surface area contributed by atoms with Crippen molar-refractivity contribution in [1.82, 2.24) is 4.57 Å². The van der Waals surface area contributed by atoms with Crippen LogP contribution in [-0.4, -0.2) is 31.4 Å². The number of carbonyl (C=O) groups is 1. The minimum atomic E-state index is -0.786. The van der Waals surface area contributed by atoms with Gasteiger partial charge in [-0.3, -0.25) is 9.36 Å². The quantitative estimate of drug-likeness (QED) is 0.452. The Morgan fingerprint density at radius 1 is 1.27 bits per heavy atom. The zero-order chi connectivity index (χ0) is 23.7. The van der Waals surface area contributed by atoms with E-state index >= 15 is 0 Å². The number of fused-ring (bicyclic) bond motifs is 1. The van der Waals surface area contributed by atoms with Crippen LogP contribution in [0.3, 0.4) is 0 Å². The number of thiazole rings is 1. The zero-order valence-corrected chi connectivity index (χ0v) is 20.8. The molecule has 0 saturated heterocycles. The van der Waals surface area contributed by atoms with Crippen molar-refractivity contribution in [3.63, 3.8) is 0 Å². The number of rotatable bonds is 6. The number of carbonyl (C=O) groups excluding carboxylic acids is 1. The smallest absolute Gasteiger partial charge is 0.338 e. The Kier molecular flexibility index (Phi) is 6.57. The van der Waals surface area contributed by atoms with Crippen molar-refractivity contribution >= 4 is 39.3 Å². The Morgan fingerprint density at radius 3 is 2.70 bits per heavy atom. The Hall–Kier alpha value is -3.11. The fourth-order valence-electron chi connectivity index (χ4n) is 3.67. The average molecular weight is 533 g/mol. The first-order chi connectivity index (χ1) is 15.9. The number of halogens is 1. The second kappa shape index (κ2) is 9.40. The van der Waals surface area contributed by atoms with Crippen molar-refractivity contribution in [2.75, 3.05) is 20.8 Å². The molecule has 0 N–H and O–H groups in total. The predicted molar refractivity (Wildman–Crippen MR) is 126 cm³/mol. The predicted octanol–water partition coefficient (Wildman–Crippen LogP) is 3.17. The molecule has 10 heteroatoms. The summed E-state index contributed by atoms with van der Waals surface area (Å²) >= 11 is 4.49. The number of hydrogen-bond acceptors (Lipinski definition) is 8. The minimum Gasteiger partial charge on any atom is -0.497 e. The topological polar surface area (TPSA) is 92.3 Å². The fraction of sp³-hybridized carbons (Fsp3) is 0.261. The summed E-state index contributed by atoms with van der Waals surface area (Å²) in [4.78, 5) is 31.6. The van der Waals surface area contributed by atoms with Crippen LogP contribution in [0, 0.1) is 0 Å². The summed E-state index contributed by atoms with van der Waals surface area (Å²) in [6, 6.07) is 7.96. The van der Waals surface area contributed by atoms with E-state index in [-0.39, 0.29) is 17.7 Å². The third-order valence-corrected chi connectivity index (χ3v) is 6.53. The first-order valence-electron chi connectivity index (χ1n) is 10.0. The van der Waals surface area contributed by atoms with Crippen LogP contribution >= 0.6 is 27.3 Å². The zero-order valence-electron chi connectivity index (χ0n) is 18.4. The second-order valence-electron chi connectivity index (χ2n) is 7.05. The SMILES string of the molecule is CCOC(=O)C1=C(C)N=c2s/c(=C/c3ccc(Br)o3)c(=O)n2[C@H]1c1ccc(OC)cc1OC. The van der Waals surface area contributed by atoms with Gasteiger partial charge in [-0.1, -0.05) is 11.3 Å². The second-order valence-corrected chi connectivity index (χ2v) is 8.84. The average Bonchev–Trinajstić information content (AvgIpc) is 3.34. The maximum atomic E-state index is 13.6.